The van der Waals surface area contributed by atoms with Crippen LogP contribution >= 0.6 is 12.6 Å². The molecule has 1 atom stereocenters. The highest BCUT2D eigenvalue weighted by atomic mass is 32.1. The highest BCUT2D eigenvalue weighted by molar-refractivity contribution is 7.81. The molecule has 0 rings (SSSR count). The predicted octanol–water partition coefficient (Wildman–Crippen LogP) is 1.83. The molecular formula is C13H24N2O3S. The molecule has 0 spiro atoms. The molecule has 0 aliphatic carbocycles. The number of thiol groups is 1. The fourth-order valence-corrected chi connectivity index (χ4v) is 1.43. The van der Waals surface area contributed by atoms with Crippen molar-refractivity contribution in [2.75, 3.05) is 13.2 Å². The second-order valence-electron chi connectivity index (χ2n) is 5.37. The Morgan fingerprint density at radius 3 is 2.37 bits per heavy atom. The van der Waals surface area contributed by atoms with Gasteiger partial charge in [0.15, 0.2) is 0 Å². The molecular weight excluding hydrogens is 264 g/mol. The third-order valence-corrected chi connectivity index (χ3v) is 2.50. The zero-order chi connectivity index (χ0) is 15.2. The number of carbonyl (C=O) groups is 2. The zero-order valence-electron chi connectivity index (χ0n) is 12.0. The summed E-state index contributed by atoms with van der Waals surface area (Å²) in [4.78, 5) is 25.1. The molecule has 2 N–H and O–H groups in total. The van der Waals surface area contributed by atoms with E-state index in [9.17, 15) is 9.59 Å². The van der Waals surface area contributed by atoms with Gasteiger partial charge < -0.3 is 10.5 Å². The van der Waals surface area contributed by atoms with E-state index >= 15 is 0 Å². The number of imide groups is 1. The van der Waals surface area contributed by atoms with Crippen LogP contribution in [0, 0.1) is 5.92 Å². The van der Waals surface area contributed by atoms with Crippen molar-refractivity contribution in [3.63, 3.8) is 0 Å². The first-order valence-corrected chi connectivity index (χ1v) is 6.62. The molecule has 6 heteroatoms. The number of amides is 2. The van der Waals surface area contributed by atoms with Gasteiger partial charge in [-0.3, -0.25) is 4.79 Å². The van der Waals surface area contributed by atoms with Gasteiger partial charge in [-0.05, 0) is 19.8 Å². The number of hydrogen-bond donors (Lipinski definition) is 2. The van der Waals surface area contributed by atoms with Gasteiger partial charge in [0.1, 0.15) is 6.61 Å². The molecule has 0 unspecified atom stereocenters. The molecule has 0 aromatic heterocycles. The maximum absolute atomic E-state index is 12.2. The summed E-state index contributed by atoms with van der Waals surface area (Å²) in [7, 11) is 0. The van der Waals surface area contributed by atoms with Gasteiger partial charge in [-0.2, -0.15) is 12.6 Å². The van der Waals surface area contributed by atoms with Crippen LogP contribution in [0.2, 0.25) is 0 Å². The first-order valence-electron chi connectivity index (χ1n) is 6.17. The molecule has 0 radical (unpaired) electrons. The van der Waals surface area contributed by atoms with Gasteiger partial charge in [0.05, 0.1) is 6.04 Å². The predicted molar refractivity (Wildman–Crippen MR) is 79.1 cm³/mol. The monoisotopic (exact) mass is 288 g/mol. The summed E-state index contributed by atoms with van der Waals surface area (Å²) in [6, 6.07) is -0.744. The van der Waals surface area contributed by atoms with Crippen LogP contribution in [-0.4, -0.2) is 40.8 Å². The van der Waals surface area contributed by atoms with Crippen LogP contribution in [0.4, 0.5) is 4.79 Å². The maximum Gasteiger partial charge on any atom is 0.416 e. The molecule has 0 heterocycles. The Morgan fingerprint density at radius 2 is 2.00 bits per heavy atom. The van der Waals surface area contributed by atoms with Gasteiger partial charge >= 0.3 is 6.09 Å². The van der Waals surface area contributed by atoms with Crippen LogP contribution in [-0.2, 0) is 9.53 Å². The Morgan fingerprint density at radius 1 is 1.47 bits per heavy atom. The number of ether oxygens (including phenoxy) is 1. The summed E-state index contributed by atoms with van der Waals surface area (Å²) in [6.45, 7) is 10.9. The molecule has 0 aromatic rings. The third kappa shape index (κ3) is 6.63. The van der Waals surface area contributed by atoms with Gasteiger partial charge in [-0.15, -0.1) is 0 Å². The fourth-order valence-electron chi connectivity index (χ4n) is 1.29. The Labute approximate surface area is 120 Å². The highest BCUT2D eigenvalue weighted by Crippen LogP contribution is 2.16. The van der Waals surface area contributed by atoms with Crippen LogP contribution in [0.5, 0.6) is 0 Å². The number of carbonyl (C=O) groups excluding carboxylic acids is 2. The van der Waals surface area contributed by atoms with E-state index in [2.05, 4.69) is 19.2 Å². The van der Waals surface area contributed by atoms with Gasteiger partial charge in [0.2, 0.25) is 5.91 Å². The molecule has 2 amide bonds. The van der Waals surface area contributed by atoms with Crippen molar-refractivity contribution < 1.29 is 14.3 Å². The summed E-state index contributed by atoms with van der Waals surface area (Å²) < 4.78 is 4.38. The Balaban J connectivity index is 5.00. The minimum absolute atomic E-state index is 0.0481. The molecule has 0 aliphatic rings. The summed E-state index contributed by atoms with van der Waals surface area (Å²) in [5.74, 6) is -0.517. The van der Waals surface area contributed by atoms with Crippen molar-refractivity contribution in [1.82, 2.24) is 4.90 Å². The van der Waals surface area contributed by atoms with Crippen LogP contribution < -0.4 is 5.73 Å². The van der Waals surface area contributed by atoms with E-state index in [-0.39, 0.29) is 19.1 Å². The second kappa shape index (κ2) is 7.55. The first-order chi connectivity index (χ1) is 8.60. The molecule has 19 heavy (non-hydrogen) atoms. The van der Waals surface area contributed by atoms with E-state index in [1.54, 1.807) is 13.8 Å². The fraction of sp³-hybridized carbons (Fsp3) is 0.692. The van der Waals surface area contributed by atoms with E-state index in [0.717, 1.165) is 4.90 Å². The lowest BCUT2D eigenvalue weighted by Crippen LogP contribution is -2.52. The number of rotatable bonds is 6. The molecule has 0 saturated carbocycles. The van der Waals surface area contributed by atoms with Gasteiger partial charge in [0, 0.05) is 11.3 Å². The summed E-state index contributed by atoms with van der Waals surface area (Å²) in [6.07, 6.45) is 0.720. The van der Waals surface area contributed by atoms with E-state index in [1.165, 1.54) is 6.08 Å². The summed E-state index contributed by atoms with van der Waals surface area (Å²) in [5, 5.41) is 0. The topological polar surface area (TPSA) is 72.6 Å². The average Bonchev–Trinajstić information content (AvgIpc) is 2.29. The van der Waals surface area contributed by atoms with Crippen LogP contribution in [0.15, 0.2) is 12.7 Å². The quantitative estimate of drug-likeness (QED) is 0.578. The molecule has 0 aliphatic heterocycles. The lowest BCUT2D eigenvalue weighted by Gasteiger charge is -2.29. The number of hydrogen-bond acceptors (Lipinski definition) is 5. The molecule has 0 bridgehead atoms. The van der Waals surface area contributed by atoms with E-state index < -0.39 is 22.8 Å². The Kier molecular flexibility index (Phi) is 7.15. The molecule has 5 nitrogen and oxygen atoms in total. The Bertz CT molecular complexity index is 337. The van der Waals surface area contributed by atoms with Crippen molar-refractivity contribution in [1.29, 1.82) is 0 Å². The van der Waals surface area contributed by atoms with Crippen molar-refractivity contribution in [2.45, 2.75) is 38.5 Å². The SMILES string of the molecule is C=CCOC(=O)N(CC(C)(C)S)C(=O)[C@@H](N)C(C)C. The lowest BCUT2D eigenvalue weighted by molar-refractivity contribution is -0.132. The first kappa shape index (κ1) is 18.0. The van der Waals surface area contributed by atoms with Crippen LogP contribution in [0.3, 0.4) is 0 Å². The van der Waals surface area contributed by atoms with Crippen molar-refractivity contribution in [3.8, 4) is 0 Å². The lowest BCUT2D eigenvalue weighted by atomic mass is 10.0. The van der Waals surface area contributed by atoms with Crippen molar-refractivity contribution >= 4 is 24.6 Å². The van der Waals surface area contributed by atoms with Crippen molar-refractivity contribution in [2.24, 2.45) is 11.7 Å². The van der Waals surface area contributed by atoms with Gasteiger partial charge in [-0.25, -0.2) is 9.69 Å². The number of nitrogens with two attached hydrogens (primary N) is 1. The maximum atomic E-state index is 12.2. The highest BCUT2D eigenvalue weighted by Gasteiger charge is 2.32. The molecule has 0 fully saturated rings. The van der Waals surface area contributed by atoms with Gasteiger partial charge in [0.25, 0.3) is 0 Å². The summed E-state index contributed by atoms with van der Waals surface area (Å²) >= 11 is 4.33. The smallest absolute Gasteiger partial charge is 0.416 e. The van der Waals surface area contributed by atoms with E-state index in [1.807, 2.05) is 13.8 Å². The van der Waals surface area contributed by atoms with Gasteiger partial charge in [-0.1, -0.05) is 26.5 Å². The Hall–Kier alpha value is -1.01. The summed E-state index contributed by atoms with van der Waals surface area (Å²) in [5.41, 5.74) is 5.80. The minimum Gasteiger partial charge on any atom is -0.445 e. The van der Waals surface area contributed by atoms with Crippen LogP contribution in [0.1, 0.15) is 27.7 Å². The third-order valence-electron chi connectivity index (χ3n) is 2.36. The van der Waals surface area contributed by atoms with E-state index in [4.69, 9.17) is 10.5 Å². The molecule has 0 saturated heterocycles. The largest absolute Gasteiger partial charge is 0.445 e. The average molecular weight is 288 g/mol. The van der Waals surface area contributed by atoms with Crippen molar-refractivity contribution in [3.05, 3.63) is 12.7 Å². The molecule has 110 valence electrons. The standard InChI is InChI=1S/C13H24N2O3S/c1-6-7-18-12(17)15(8-13(4,5)19)11(16)10(14)9(2)3/h6,9-10,19H,1,7-8,14H2,2-5H3/t10-/m0/s1. The minimum atomic E-state index is -0.744. The number of nitrogens with zero attached hydrogens (tertiary/aromatic N) is 1. The zero-order valence-corrected chi connectivity index (χ0v) is 12.9. The van der Waals surface area contributed by atoms with Crippen LogP contribution in [0.25, 0.3) is 0 Å². The second-order valence-corrected chi connectivity index (χ2v) is 6.58. The van der Waals surface area contributed by atoms with E-state index in [0.29, 0.717) is 0 Å². The molecule has 0 aromatic carbocycles. The normalized spacial score (nSPS) is 13.0.